The molecule has 1 aliphatic rings. The smallest absolute Gasteiger partial charge is 0.221 e. The minimum absolute atomic E-state index is 0.149. The van der Waals surface area contributed by atoms with Crippen molar-refractivity contribution in [3.8, 4) is 0 Å². The number of hydrogen-bond donors (Lipinski definition) is 3. The molecule has 4 heteroatoms. The molecule has 1 fully saturated rings. The third kappa shape index (κ3) is 5.83. The number of carbonyl (C=O) groups is 1. The normalized spacial score (nSPS) is 24.2. The number of hydrogen-bond acceptors (Lipinski definition) is 3. The zero-order valence-electron chi connectivity index (χ0n) is 11.9. The summed E-state index contributed by atoms with van der Waals surface area (Å²) in [5.41, 5.74) is 5.79. The number of amides is 1. The third-order valence-corrected chi connectivity index (χ3v) is 3.68. The summed E-state index contributed by atoms with van der Waals surface area (Å²) in [4.78, 5) is 11.6. The first-order valence-corrected chi connectivity index (χ1v) is 7.33. The monoisotopic (exact) mass is 255 g/mol. The van der Waals surface area contributed by atoms with E-state index in [9.17, 15) is 4.79 Å². The fraction of sp³-hybridized carbons (Fsp3) is 0.929. The van der Waals surface area contributed by atoms with E-state index in [0.29, 0.717) is 24.3 Å². The Hall–Kier alpha value is -0.610. The quantitative estimate of drug-likeness (QED) is 0.641. The Morgan fingerprint density at radius 3 is 2.72 bits per heavy atom. The van der Waals surface area contributed by atoms with Crippen LogP contribution in [0.3, 0.4) is 0 Å². The molecule has 1 saturated carbocycles. The lowest BCUT2D eigenvalue weighted by Crippen LogP contribution is -2.43. The van der Waals surface area contributed by atoms with Gasteiger partial charge in [0.15, 0.2) is 0 Å². The summed E-state index contributed by atoms with van der Waals surface area (Å²) in [6.45, 7) is 6.51. The first-order chi connectivity index (χ1) is 8.63. The van der Waals surface area contributed by atoms with Gasteiger partial charge in [0.1, 0.15) is 0 Å². The van der Waals surface area contributed by atoms with Crippen LogP contribution in [0.15, 0.2) is 0 Å². The molecule has 4 nitrogen and oxygen atoms in total. The van der Waals surface area contributed by atoms with Crippen molar-refractivity contribution >= 4 is 5.91 Å². The van der Waals surface area contributed by atoms with Crippen LogP contribution in [0.2, 0.25) is 0 Å². The molecule has 0 saturated heterocycles. The van der Waals surface area contributed by atoms with Crippen molar-refractivity contribution < 1.29 is 4.79 Å². The van der Waals surface area contributed by atoms with Crippen molar-refractivity contribution in [2.45, 2.75) is 52.0 Å². The molecular formula is C14H29N3O. The molecule has 0 aliphatic heterocycles. The molecule has 106 valence electrons. The Morgan fingerprint density at radius 2 is 2.06 bits per heavy atom. The summed E-state index contributed by atoms with van der Waals surface area (Å²) in [6, 6.07) is 0.515. The molecule has 4 N–H and O–H groups in total. The fourth-order valence-corrected chi connectivity index (χ4v) is 2.54. The van der Waals surface area contributed by atoms with Gasteiger partial charge in [-0.3, -0.25) is 4.79 Å². The number of carbonyl (C=O) groups excluding carboxylic acids is 1. The predicted octanol–water partition coefficient (Wildman–Crippen LogP) is 1.26. The highest BCUT2D eigenvalue weighted by molar-refractivity contribution is 5.76. The molecule has 0 spiro atoms. The van der Waals surface area contributed by atoms with E-state index >= 15 is 0 Å². The molecular weight excluding hydrogens is 226 g/mol. The van der Waals surface area contributed by atoms with Crippen molar-refractivity contribution in [2.24, 2.45) is 17.6 Å². The SMILES string of the molecule is CC(C)CNC(=O)CCNC1CCCCC1CN. The van der Waals surface area contributed by atoms with Crippen LogP contribution >= 0.6 is 0 Å². The van der Waals surface area contributed by atoms with Crippen LogP contribution in [0.1, 0.15) is 46.0 Å². The summed E-state index contributed by atoms with van der Waals surface area (Å²) in [6.07, 6.45) is 5.59. The highest BCUT2D eigenvalue weighted by atomic mass is 16.1. The Bertz CT molecular complexity index is 243. The van der Waals surface area contributed by atoms with E-state index in [-0.39, 0.29) is 5.91 Å². The molecule has 1 aliphatic carbocycles. The van der Waals surface area contributed by atoms with Gasteiger partial charge in [0.2, 0.25) is 5.91 Å². The number of nitrogens with two attached hydrogens (primary N) is 1. The van der Waals surface area contributed by atoms with Crippen LogP contribution in [-0.2, 0) is 4.79 Å². The summed E-state index contributed by atoms with van der Waals surface area (Å²) >= 11 is 0. The second kappa shape index (κ2) is 8.48. The molecule has 18 heavy (non-hydrogen) atoms. The van der Waals surface area contributed by atoms with E-state index in [1.807, 2.05) is 0 Å². The van der Waals surface area contributed by atoms with Gasteiger partial charge in [-0.15, -0.1) is 0 Å². The predicted molar refractivity (Wildman–Crippen MR) is 75.3 cm³/mol. The summed E-state index contributed by atoms with van der Waals surface area (Å²) in [5, 5.41) is 6.44. The van der Waals surface area contributed by atoms with Gasteiger partial charge in [-0.1, -0.05) is 26.7 Å². The zero-order valence-corrected chi connectivity index (χ0v) is 11.9. The van der Waals surface area contributed by atoms with Crippen molar-refractivity contribution in [1.82, 2.24) is 10.6 Å². The van der Waals surface area contributed by atoms with Crippen molar-refractivity contribution in [2.75, 3.05) is 19.6 Å². The summed E-state index contributed by atoms with van der Waals surface area (Å²) in [7, 11) is 0. The lowest BCUT2D eigenvalue weighted by Gasteiger charge is -2.31. The Balaban J connectivity index is 2.14. The van der Waals surface area contributed by atoms with Gasteiger partial charge < -0.3 is 16.4 Å². The van der Waals surface area contributed by atoms with Gasteiger partial charge in [0.05, 0.1) is 0 Å². The Kier molecular flexibility index (Phi) is 7.28. The maximum atomic E-state index is 11.6. The molecule has 0 aromatic rings. The van der Waals surface area contributed by atoms with E-state index in [1.54, 1.807) is 0 Å². The van der Waals surface area contributed by atoms with E-state index in [4.69, 9.17) is 5.73 Å². The van der Waals surface area contributed by atoms with Gasteiger partial charge in [0.25, 0.3) is 0 Å². The van der Waals surface area contributed by atoms with E-state index in [0.717, 1.165) is 19.6 Å². The number of nitrogens with one attached hydrogen (secondary N) is 2. The third-order valence-electron chi connectivity index (χ3n) is 3.68. The maximum Gasteiger partial charge on any atom is 0.221 e. The molecule has 0 radical (unpaired) electrons. The molecule has 0 aromatic heterocycles. The number of rotatable bonds is 7. The molecule has 2 unspecified atom stereocenters. The first-order valence-electron chi connectivity index (χ1n) is 7.33. The van der Waals surface area contributed by atoms with Gasteiger partial charge in [-0.05, 0) is 31.2 Å². The highest BCUT2D eigenvalue weighted by Crippen LogP contribution is 2.23. The maximum absolute atomic E-state index is 11.6. The second-order valence-corrected chi connectivity index (χ2v) is 5.79. The topological polar surface area (TPSA) is 67.2 Å². The largest absolute Gasteiger partial charge is 0.356 e. The van der Waals surface area contributed by atoms with Crippen molar-refractivity contribution in [3.05, 3.63) is 0 Å². The van der Waals surface area contributed by atoms with E-state index < -0.39 is 0 Å². The molecule has 2 atom stereocenters. The average Bonchev–Trinajstić information content (AvgIpc) is 2.37. The lowest BCUT2D eigenvalue weighted by atomic mass is 9.84. The molecule has 0 bridgehead atoms. The van der Waals surface area contributed by atoms with Crippen LogP contribution < -0.4 is 16.4 Å². The van der Waals surface area contributed by atoms with Crippen LogP contribution in [-0.4, -0.2) is 31.6 Å². The molecule has 1 rings (SSSR count). The molecule has 0 heterocycles. The van der Waals surface area contributed by atoms with Crippen LogP contribution in [0, 0.1) is 11.8 Å². The van der Waals surface area contributed by atoms with E-state index in [1.165, 1.54) is 25.7 Å². The van der Waals surface area contributed by atoms with Gasteiger partial charge in [0, 0.05) is 25.6 Å². The average molecular weight is 255 g/mol. The van der Waals surface area contributed by atoms with Crippen molar-refractivity contribution in [3.63, 3.8) is 0 Å². The zero-order chi connectivity index (χ0) is 13.4. The first kappa shape index (κ1) is 15.4. The Labute approximate surface area is 111 Å². The molecule has 0 aromatic carbocycles. The Morgan fingerprint density at radius 1 is 1.33 bits per heavy atom. The van der Waals surface area contributed by atoms with E-state index in [2.05, 4.69) is 24.5 Å². The second-order valence-electron chi connectivity index (χ2n) is 5.79. The lowest BCUT2D eigenvalue weighted by molar-refractivity contribution is -0.121. The van der Waals surface area contributed by atoms with Gasteiger partial charge >= 0.3 is 0 Å². The van der Waals surface area contributed by atoms with Crippen LogP contribution in [0.25, 0.3) is 0 Å². The summed E-state index contributed by atoms with van der Waals surface area (Å²) < 4.78 is 0. The van der Waals surface area contributed by atoms with Crippen molar-refractivity contribution in [1.29, 1.82) is 0 Å². The standard InChI is InChI=1S/C14H29N3O/c1-11(2)10-17-14(18)7-8-16-13-6-4-3-5-12(13)9-15/h11-13,16H,3-10,15H2,1-2H3,(H,17,18). The van der Waals surface area contributed by atoms with Gasteiger partial charge in [-0.25, -0.2) is 0 Å². The molecule has 1 amide bonds. The van der Waals surface area contributed by atoms with Crippen LogP contribution in [0.5, 0.6) is 0 Å². The highest BCUT2D eigenvalue weighted by Gasteiger charge is 2.23. The van der Waals surface area contributed by atoms with Crippen LogP contribution in [0.4, 0.5) is 0 Å². The fourth-order valence-electron chi connectivity index (χ4n) is 2.54. The summed E-state index contributed by atoms with van der Waals surface area (Å²) in [5.74, 6) is 1.26. The minimum Gasteiger partial charge on any atom is -0.356 e. The minimum atomic E-state index is 0.149. The van der Waals surface area contributed by atoms with Gasteiger partial charge in [-0.2, -0.15) is 0 Å².